The lowest BCUT2D eigenvalue weighted by molar-refractivity contribution is 0.362. The Morgan fingerprint density at radius 1 is 1.33 bits per heavy atom. The van der Waals surface area contributed by atoms with Gasteiger partial charge in [-0.05, 0) is 31.2 Å². The predicted molar refractivity (Wildman–Crippen MR) is 46.7 cm³/mol. The summed E-state index contributed by atoms with van der Waals surface area (Å²) in [6.07, 6.45) is 3.80. The second-order valence-corrected chi connectivity index (χ2v) is 2.33. The molecule has 0 saturated heterocycles. The highest BCUT2D eigenvalue weighted by Crippen LogP contribution is 2.10. The quantitative estimate of drug-likeness (QED) is 0.627. The van der Waals surface area contributed by atoms with E-state index in [-0.39, 0.29) is 5.82 Å². The molecule has 0 aliphatic carbocycles. The van der Waals surface area contributed by atoms with Crippen molar-refractivity contribution >= 4 is 0 Å². The maximum absolute atomic E-state index is 12.4. The summed E-state index contributed by atoms with van der Waals surface area (Å²) >= 11 is 0. The lowest BCUT2D eigenvalue weighted by Crippen LogP contribution is -1.92. The van der Waals surface area contributed by atoms with Crippen molar-refractivity contribution in [3.8, 4) is 5.75 Å². The Balaban J connectivity index is 2.47. The largest absolute Gasteiger partial charge is 0.490 e. The van der Waals surface area contributed by atoms with Crippen LogP contribution in [0.15, 0.2) is 36.4 Å². The van der Waals surface area contributed by atoms with E-state index < -0.39 is 0 Å². The summed E-state index contributed by atoms with van der Waals surface area (Å²) in [5.41, 5.74) is 0. The SMILES string of the molecule is CC=CCOc1ccc(F)cc1. The van der Waals surface area contributed by atoms with Crippen LogP contribution in [0.4, 0.5) is 4.39 Å². The van der Waals surface area contributed by atoms with E-state index in [2.05, 4.69) is 0 Å². The third-order valence-electron chi connectivity index (χ3n) is 1.40. The molecular weight excluding hydrogens is 155 g/mol. The molecule has 1 nitrogen and oxygen atoms in total. The predicted octanol–water partition coefficient (Wildman–Crippen LogP) is 2.78. The number of hydrogen-bond acceptors (Lipinski definition) is 1. The summed E-state index contributed by atoms with van der Waals surface area (Å²) < 4.78 is 17.7. The molecule has 0 heterocycles. The maximum Gasteiger partial charge on any atom is 0.123 e. The third kappa shape index (κ3) is 2.74. The first-order chi connectivity index (χ1) is 5.83. The van der Waals surface area contributed by atoms with Crippen molar-refractivity contribution in [2.75, 3.05) is 6.61 Å². The van der Waals surface area contributed by atoms with E-state index in [1.54, 1.807) is 12.1 Å². The summed E-state index contributed by atoms with van der Waals surface area (Å²) in [6.45, 7) is 2.45. The number of halogens is 1. The van der Waals surface area contributed by atoms with Gasteiger partial charge in [0.05, 0.1) is 0 Å². The van der Waals surface area contributed by atoms with Gasteiger partial charge in [0.2, 0.25) is 0 Å². The Bertz CT molecular complexity index is 251. The standard InChI is InChI=1S/C10H11FO/c1-2-3-8-12-10-6-4-9(11)5-7-10/h2-7H,8H2,1H3. The van der Waals surface area contributed by atoms with Gasteiger partial charge in [-0.25, -0.2) is 4.39 Å². The Morgan fingerprint density at radius 2 is 2.00 bits per heavy atom. The van der Waals surface area contributed by atoms with Crippen LogP contribution in [-0.4, -0.2) is 6.61 Å². The zero-order valence-corrected chi connectivity index (χ0v) is 6.96. The first kappa shape index (κ1) is 8.78. The summed E-state index contributed by atoms with van der Waals surface area (Å²) in [4.78, 5) is 0. The van der Waals surface area contributed by atoms with Crippen molar-refractivity contribution in [3.05, 3.63) is 42.2 Å². The summed E-state index contributed by atoms with van der Waals surface area (Å²) in [5, 5.41) is 0. The molecule has 0 amide bonds. The van der Waals surface area contributed by atoms with E-state index in [0.29, 0.717) is 12.4 Å². The van der Waals surface area contributed by atoms with Gasteiger partial charge in [0.25, 0.3) is 0 Å². The number of allylic oxidation sites excluding steroid dienone is 1. The zero-order chi connectivity index (χ0) is 8.81. The van der Waals surface area contributed by atoms with Gasteiger partial charge in [0.15, 0.2) is 0 Å². The van der Waals surface area contributed by atoms with Crippen LogP contribution >= 0.6 is 0 Å². The van der Waals surface area contributed by atoms with Gasteiger partial charge in [-0.3, -0.25) is 0 Å². The van der Waals surface area contributed by atoms with Gasteiger partial charge in [-0.15, -0.1) is 0 Å². The van der Waals surface area contributed by atoms with Gasteiger partial charge in [-0.2, -0.15) is 0 Å². The van der Waals surface area contributed by atoms with Crippen molar-refractivity contribution < 1.29 is 9.13 Å². The molecule has 2 heteroatoms. The van der Waals surface area contributed by atoms with Gasteiger partial charge in [-0.1, -0.05) is 12.2 Å². The monoisotopic (exact) mass is 166 g/mol. The molecule has 1 rings (SSSR count). The molecule has 0 unspecified atom stereocenters. The van der Waals surface area contributed by atoms with E-state index >= 15 is 0 Å². The molecule has 0 aliphatic rings. The molecule has 0 radical (unpaired) electrons. The summed E-state index contributed by atoms with van der Waals surface area (Å²) in [5.74, 6) is 0.447. The molecule has 0 aliphatic heterocycles. The molecule has 0 aromatic heterocycles. The summed E-state index contributed by atoms with van der Waals surface area (Å²) in [6, 6.07) is 5.98. The first-order valence-corrected chi connectivity index (χ1v) is 3.82. The Morgan fingerprint density at radius 3 is 2.58 bits per heavy atom. The zero-order valence-electron chi connectivity index (χ0n) is 6.96. The second kappa shape index (κ2) is 4.54. The molecule has 0 saturated carbocycles. The van der Waals surface area contributed by atoms with Crippen LogP contribution in [-0.2, 0) is 0 Å². The number of hydrogen-bond donors (Lipinski definition) is 0. The van der Waals surface area contributed by atoms with Gasteiger partial charge in [0, 0.05) is 0 Å². The van der Waals surface area contributed by atoms with Gasteiger partial charge < -0.3 is 4.74 Å². The van der Waals surface area contributed by atoms with Crippen LogP contribution in [0.3, 0.4) is 0 Å². The number of ether oxygens (including phenoxy) is 1. The average Bonchev–Trinajstić information content (AvgIpc) is 2.09. The van der Waals surface area contributed by atoms with E-state index in [1.807, 2.05) is 19.1 Å². The highest BCUT2D eigenvalue weighted by atomic mass is 19.1. The fourth-order valence-electron chi connectivity index (χ4n) is 0.771. The van der Waals surface area contributed by atoms with Crippen LogP contribution in [0.25, 0.3) is 0 Å². The van der Waals surface area contributed by atoms with Crippen molar-refractivity contribution in [1.29, 1.82) is 0 Å². The Kier molecular flexibility index (Phi) is 3.33. The first-order valence-electron chi connectivity index (χ1n) is 3.82. The van der Waals surface area contributed by atoms with E-state index in [0.717, 1.165) is 0 Å². The normalized spacial score (nSPS) is 10.5. The Labute approximate surface area is 71.5 Å². The van der Waals surface area contributed by atoms with Crippen LogP contribution in [0.1, 0.15) is 6.92 Å². The van der Waals surface area contributed by atoms with E-state index in [9.17, 15) is 4.39 Å². The second-order valence-electron chi connectivity index (χ2n) is 2.33. The molecule has 0 bridgehead atoms. The number of rotatable bonds is 3. The summed E-state index contributed by atoms with van der Waals surface area (Å²) in [7, 11) is 0. The molecule has 1 aromatic carbocycles. The topological polar surface area (TPSA) is 9.23 Å². The van der Waals surface area contributed by atoms with Gasteiger partial charge >= 0.3 is 0 Å². The van der Waals surface area contributed by atoms with E-state index in [1.165, 1.54) is 12.1 Å². The van der Waals surface area contributed by atoms with Crippen LogP contribution < -0.4 is 4.74 Å². The molecule has 0 fully saturated rings. The molecule has 0 spiro atoms. The highest BCUT2D eigenvalue weighted by Gasteiger charge is 1.91. The molecule has 0 atom stereocenters. The minimum absolute atomic E-state index is 0.242. The smallest absolute Gasteiger partial charge is 0.123 e. The van der Waals surface area contributed by atoms with Crippen molar-refractivity contribution in [2.24, 2.45) is 0 Å². The minimum Gasteiger partial charge on any atom is -0.490 e. The van der Waals surface area contributed by atoms with Crippen molar-refractivity contribution in [2.45, 2.75) is 6.92 Å². The van der Waals surface area contributed by atoms with Crippen molar-refractivity contribution in [1.82, 2.24) is 0 Å². The Hall–Kier alpha value is -1.31. The highest BCUT2D eigenvalue weighted by molar-refractivity contribution is 5.22. The van der Waals surface area contributed by atoms with Crippen molar-refractivity contribution in [3.63, 3.8) is 0 Å². The molecule has 64 valence electrons. The van der Waals surface area contributed by atoms with Crippen LogP contribution in [0.2, 0.25) is 0 Å². The van der Waals surface area contributed by atoms with Crippen LogP contribution in [0, 0.1) is 5.82 Å². The lowest BCUT2D eigenvalue weighted by atomic mass is 10.3. The molecule has 0 N–H and O–H groups in total. The molecule has 1 aromatic rings. The fourth-order valence-corrected chi connectivity index (χ4v) is 0.771. The fraction of sp³-hybridized carbons (Fsp3) is 0.200. The van der Waals surface area contributed by atoms with E-state index in [4.69, 9.17) is 4.74 Å². The van der Waals surface area contributed by atoms with Crippen LogP contribution in [0.5, 0.6) is 5.75 Å². The molecular formula is C10H11FO. The third-order valence-corrected chi connectivity index (χ3v) is 1.40. The van der Waals surface area contributed by atoms with Gasteiger partial charge in [0.1, 0.15) is 18.2 Å². The maximum atomic E-state index is 12.4. The lowest BCUT2D eigenvalue weighted by Gasteiger charge is -2.01. The molecule has 12 heavy (non-hydrogen) atoms. The average molecular weight is 166 g/mol. The number of benzene rings is 1. The minimum atomic E-state index is -0.242.